The molecule has 0 saturated heterocycles. The first-order valence-electron chi connectivity index (χ1n) is 7.01. The average Bonchev–Trinajstić information content (AvgIpc) is 2.60. The van der Waals surface area contributed by atoms with Crippen molar-refractivity contribution in [1.29, 1.82) is 0 Å². The van der Waals surface area contributed by atoms with Crippen LogP contribution in [0.25, 0.3) is 0 Å². The molecule has 24 heavy (non-hydrogen) atoms. The minimum atomic E-state index is -4.28. The quantitative estimate of drug-likeness (QED) is 0.797. The molecule has 8 heteroatoms. The van der Waals surface area contributed by atoms with Gasteiger partial charge in [-0.25, -0.2) is 8.42 Å². The topological polar surface area (TPSA) is 120 Å². The number of aliphatic hydroxyl groups is 1. The summed E-state index contributed by atoms with van der Waals surface area (Å²) in [6, 6.07) is 8.49. The van der Waals surface area contributed by atoms with Gasteiger partial charge < -0.3 is 15.6 Å². The molecule has 0 fully saturated rings. The Balaban J connectivity index is 2.57. The molecule has 1 heterocycles. The molecule has 3 N–H and O–H groups in total. The van der Waals surface area contributed by atoms with E-state index in [2.05, 4.69) is 4.98 Å². The number of primary amides is 1. The number of benzene rings is 1. The van der Waals surface area contributed by atoms with Gasteiger partial charge in [0.1, 0.15) is 11.9 Å². The maximum Gasteiger partial charge on any atom is 0.242 e. The van der Waals surface area contributed by atoms with E-state index in [9.17, 15) is 18.3 Å². The zero-order chi connectivity index (χ0) is 18.0. The number of nitrogens with two attached hydrogens (primary N) is 1. The van der Waals surface area contributed by atoms with Gasteiger partial charge in [0, 0.05) is 18.0 Å². The van der Waals surface area contributed by atoms with Gasteiger partial charge in [-0.05, 0) is 37.3 Å². The third-order valence-corrected chi connectivity index (χ3v) is 6.37. The fraction of sp³-hybridized carbons (Fsp3) is 0.250. The van der Waals surface area contributed by atoms with E-state index in [-0.39, 0.29) is 10.5 Å². The predicted molar refractivity (Wildman–Crippen MR) is 87.0 cm³/mol. The molecule has 0 aliphatic rings. The smallest absolute Gasteiger partial charge is 0.242 e. The number of aromatic nitrogens is 1. The van der Waals surface area contributed by atoms with Crippen molar-refractivity contribution in [3.8, 4) is 5.75 Å². The van der Waals surface area contributed by atoms with Gasteiger partial charge in [0.15, 0.2) is 14.6 Å². The van der Waals surface area contributed by atoms with Crippen LogP contribution >= 0.6 is 0 Å². The van der Waals surface area contributed by atoms with E-state index < -0.39 is 26.6 Å². The van der Waals surface area contributed by atoms with Gasteiger partial charge in [-0.2, -0.15) is 0 Å². The van der Waals surface area contributed by atoms with Crippen LogP contribution in [0.4, 0.5) is 0 Å². The maximum atomic E-state index is 13.0. The molecule has 0 bridgehead atoms. The van der Waals surface area contributed by atoms with E-state index >= 15 is 0 Å². The molecule has 0 aliphatic carbocycles. The Morgan fingerprint density at radius 3 is 2.38 bits per heavy atom. The number of ether oxygens (including phenoxy) is 1. The Morgan fingerprint density at radius 1 is 1.29 bits per heavy atom. The van der Waals surface area contributed by atoms with Gasteiger partial charge in [0.05, 0.1) is 12.0 Å². The lowest BCUT2D eigenvalue weighted by Gasteiger charge is -2.31. The van der Waals surface area contributed by atoms with E-state index in [1.165, 1.54) is 55.9 Å². The predicted octanol–water partition coefficient (Wildman–Crippen LogP) is 0.841. The molecule has 0 saturated carbocycles. The number of pyridine rings is 1. The van der Waals surface area contributed by atoms with E-state index in [1.807, 2.05) is 0 Å². The highest BCUT2D eigenvalue weighted by Crippen LogP contribution is 2.37. The van der Waals surface area contributed by atoms with E-state index in [4.69, 9.17) is 10.5 Å². The first kappa shape index (κ1) is 17.9. The highest BCUT2D eigenvalue weighted by molar-refractivity contribution is 7.93. The van der Waals surface area contributed by atoms with Crippen LogP contribution in [-0.2, 0) is 14.6 Å². The molecular weight excluding hydrogens is 332 g/mol. The van der Waals surface area contributed by atoms with Crippen molar-refractivity contribution in [2.45, 2.75) is 22.7 Å². The SMILES string of the molecule is COc1ccc(S(=O)(=O)C(C)(C(N)=O)C(O)c2cccnc2)cc1. The lowest BCUT2D eigenvalue weighted by Crippen LogP contribution is -2.52. The molecule has 2 aromatic rings. The van der Waals surface area contributed by atoms with Crippen LogP contribution in [0.5, 0.6) is 5.75 Å². The van der Waals surface area contributed by atoms with Crippen LogP contribution in [0.3, 0.4) is 0 Å². The number of hydrogen-bond donors (Lipinski definition) is 2. The Labute approximate surface area is 140 Å². The number of amides is 1. The zero-order valence-corrected chi connectivity index (χ0v) is 14.0. The summed E-state index contributed by atoms with van der Waals surface area (Å²) in [5.41, 5.74) is 5.54. The third-order valence-electron chi connectivity index (χ3n) is 3.94. The van der Waals surface area contributed by atoms with Gasteiger partial charge in [-0.3, -0.25) is 9.78 Å². The molecular formula is C16H18N2O5S. The van der Waals surface area contributed by atoms with Gasteiger partial charge in [0.25, 0.3) is 0 Å². The number of carbonyl (C=O) groups excluding carboxylic acids is 1. The molecule has 0 radical (unpaired) electrons. The molecule has 2 atom stereocenters. The lowest BCUT2D eigenvalue weighted by molar-refractivity contribution is -0.123. The van der Waals surface area contributed by atoms with Gasteiger partial charge in [0.2, 0.25) is 5.91 Å². The van der Waals surface area contributed by atoms with Crippen molar-refractivity contribution in [3.05, 3.63) is 54.4 Å². The summed E-state index contributed by atoms with van der Waals surface area (Å²) in [5.74, 6) is -0.697. The fourth-order valence-electron chi connectivity index (χ4n) is 2.27. The molecule has 2 rings (SSSR count). The Kier molecular flexibility index (Phi) is 4.91. The Morgan fingerprint density at radius 2 is 1.92 bits per heavy atom. The minimum Gasteiger partial charge on any atom is -0.497 e. The molecule has 128 valence electrons. The summed E-state index contributed by atoms with van der Waals surface area (Å²) >= 11 is 0. The minimum absolute atomic E-state index is 0.146. The van der Waals surface area contributed by atoms with Gasteiger partial charge >= 0.3 is 0 Å². The number of rotatable bonds is 6. The maximum absolute atomic E-state index is 13.0. The first-order chi connectivity index (χ1) is 11.2. The first-order valence-corrected chi connectivity index (χ1v) is 8.50. The van der Waals surface area contributed by atoms with Crippen LogP contribution < -0.4 is 10.5 Å². The summed E-state index contributed by atoms with van der Waals surface area (Å²) in [6.07, 6.45) is 1.08. The number of aliphatic hydroxyl groups excluding tert-OH is 1. The van der Waals surface area contributed by atoms with Crippen LogP contribution in [-0.4, -0.2) is 36.3 Å². The lowest BCUT2D eigenvalue weighted by atomic mass is 9.97. The summed E-state index contributed by atoms with van der Waals surface area (Å²) in [5, 5.41) is 10.6. The molecule has 0 aliphatic heterocycles. The average molecular weight is 350 g/mol. The molecule has 1 amide bonds. The standard InChI is InChI=1S/C16H18N2O5S/c1-16(15(17)20,14(19)11-4-3-9-18-10-11)24(21,22)13-7-5-12(23-2)6-8-13/h3-10,14,19H,1-2H3,(H2,17,20). The second-order valence-electron chi connectivity index (χ2n) is 5.34. The Hall–Kier alpha value is -2.45. The monoisotopic (exact) mass is 350 g/mol. The highest BCUT2D eigenvalue weighted by Gasteiger charge is 2.52. The van der Waals surface area contributed by atoms with Gasteiger partial charge in [-0.15, -0.1) is 0 Å². The van der Waals surface area contributed by atoms with Crippen molar-refractivity contribution < 1.29 is 23.1 Å². The number of sulfone groups is 1. The number of hydrogen-bond acceptors (Lipinski definition) is 6. The normalized spacial score (nSPS) is 15.3. The van der Waals surface area contributed by atoms with Gasteiger partial charge in [-0.1, -0.05) is 6.07 Å². The second kappa shape index (κ2) is 6.58. The van der Waals surface area contributed by atoms with E-state index in [1.54, 1.807) is 0 Å². The van der Waals surface area contributed by atoms with Crippen molar-refractivity contribution in [2.24, 2.45) is 5.73 Å². The van der Waals surface area contributed by atoms with Crippen LogP contribution in [0.1, 0.15) is 18.6 Å². The number of nitrogens with zero attached hydrogens (tertiary/aromatic N) is 1. The summed E-state index contributed by atoms with van der Waals surface area (Å²) in [4.78, 5) is 15.7. The number of methoxy groups -OCH3 is 1. The zero-order valence-electron chi connectivity index (χ0n) is 13.2. The van der Waals surface area contributed by atoms with Crippen LogP contribution in [0.2, 0.25) is 0 Å². The fourth-order valence-corrected chi connectivity index (χ4v) is 3.95. The van der Waals surface area contributed by atoms with Crippen molar-refractivity contribution in [2.75, 3.05) is 7.11 Å². The molecule has 0 spiro atoms. The van der Waals surface area contributed by atoms with Crippen LogP contribution in [0, 0.1) is 0 Å². The second-order valence-corrected chi connectivity index (χ2v) is 7.67. The summed E-state index contributed by atoms with van der Waals surface area (Å²) in [7, 11) is -2.83. The molecule has 7 nitrogen and oxygen atoms in total. The highest BCUT2D eigenvalue weighted by atomic mass is 32.2. The van der Waals surface area contributed by atoms with Crippen molar-refractivity contribution in [3.63, 3.8) is 0 Å². The summed E-state index contributed by atoms with van der Waals surface area (Å²) in [6.45, 7) is 1.10. The molecule has 1 aromatic carbocycles. The van der Waals surface area contributed by atoms with Crippen molar-refractivity contribution >= 4 is 15.7 Å². The van der Waals surface area contributed by atoms with E-state index in [0.717, 1.165) is 6.92 Å². The largest absolute Gasteiger partial charge is 0.497 e. The number of carbonyl (C=O) groups is 1. The van der Waals surface area contributed by atoms with E-state index in [0.29, 0.717) is 5.75 Å². The summed E-state index contributed by atoms with van der Waals surface area (Å²) < 4.78 is 28.7. The molecule has 2 unspecified atom stereocenters. The third kappa shape index (κ3) is 2.85. The molecule has 1 aromatic heterocycles. The Bertz CT molecular complexity index is 821. The van der Waals surface area contributed by atoms with Crippen molar-refractivity contribution in [1.82, 2.24) is 4.98 Å². The van der Waals surface area contributed by atoms with Crippen LogP contribution in [0.15, 0.2) is 53.7 Å².